The molecule has 0 aliphatic carbocycles. The van der Waals surface area contributed by atoms with Crippen LogP contribution in [0.2, 0.25) is 0 Å². The van der Waals surface area contributed by atoms with E-state index in [2.05, 4.69) is 20.3 Å². The van der Waals surface area contributed by atoms with Gasteiger partial charge in [0.25, 0.3) is 5.91 Å². The molecule has 0 fully saturated rings. The van der Waals surface area contributed by atoms with Crippen molar-refractivity contribution in [3.05, 3.63) is 65.1 Å². The summed E-state index contributed by atoms with van der Waals surface area (Å²) in [6, 6.07) is 5.26. The molecule has 1 amide bonds. The third-order valence-corrected chi connectivity index (χ3v) is 4.06. The number of hydrogen-bond acceptors (Lipinski definition) is 5. The van der Waals surface area contributed by atoms with Crippen molar-refractivity contribution in [3.63, 3.8) is 0 Å². The fraction of sp³-hybridized carbons (Fsp3) is 0.263. The number of amides is 1. The predicted molar refractivity (Wildman–Crippen MR) is 94.1 cm³/mol. The van der Waals surface area contributed by atoms with Gasteiger partial charge in [-0.25, -0.2) is 9.97 Å². The minimum atomic E-state index is -0.214. The molecule has 0 spiro atoms. The average molecular weight is 336 g/mol. The lowest BCUT2D eigenvalue weighted by Crippen LogP contribution is -2.27. The number of nitrogens with one attached hydrogen (secondary N) is 1. The van der Waals surface area contributed by atoms with E-state index in [1.165, 1.54) is 0 Å². The van der Waals surface area contributed by atoms with Crippen molar-refractivity contribution in [1.29, 1.82) is 0 Å². The zero-order valence-corrected chi connectivity index (χ0v) is 14.7. The maximum Gasteiger partial charge on any atom is 0.255 e. The molecule has 0 saturated carbocycles. The highest BCUT2D eigenvalue weighted by Crippen LogP contribution is 2.21. The number of hydrogen-bond donors (Lipinski definition) is 1. The number of rotatable bonds is 4. The molecule has 1 atom stereocenters. The highest BCUT2D eigenvalue weighted by Gasteiger charge is 2.18. The molecule has 1 unspecified atom stereocenters. The number of carbonyl (C=O) groups excluding carboxylic acids is 1. The van der Waals surface area contributed by atoms with E-state index in [1.807, 2.05) is 32.9 Å². The molecule has 25 heavy (non-hydrogen) atoms. The van der Waals surface area contributed by atoms with Gasteiger partial charge in [-0.2, -0.15) is 0 Å². The summed E-state index contributed by atoms with van der Waals surface area (Å²) >= 11 is 0. The maximum absolute atomic E-state index is 12.4. The summed E-state index contributed by atoms with van der Waals surface area (Å²) in [5.74, 6) is 1.81. The van der Waals surface area contributed by atoms with Crippen molar-refractivity contribution in [3.8, 4) is 11.4 Å². The zero-order valence-electron chi connectivity index (χ0n) is 14.7. The Labute approximate surface area is 146 Å². The summed E-state index contributed by atoms with van der Waals surface area (Å²) < 4.78 is 5.42. The van der Waals surface area contributed by atoms with Crippen LogP contribution in [0.25, 0.3) is 11.4 Å². The van der Waals surface area contributed by atoms with E-state index in [9.17, 15) is 4.79 Å². The molecule has 3 heterocycles. The van der Waals surface area contributed by atoms with Gasteiger partial charge in [-0.15, -0.1) is 0 Å². The second kappa shape index (κ2) is 6.84. The fourth-order valence-corrected chi connectivity index (χ4v) is 2.75. The van der Waals surface area contributed by atoms with E-state index in [4.69, 9.17) is 4.42 Å². The largest absolute Gasteiger partial charge is 0.466 e. The minimum Gasteiger partial charge on any atom is -0.466 e. The molecule has 0 aliphatic rings. The summed E-state index contributed by atoms with van der Waals surface area (Å²) in [5.41, 5.74) is 3.17. The van der Waals surface area contributed by atoms with Gasteiger partial charge >= 0.3 is 0 Å². The Kier molecular flexibility index (Phi) is 4.61. The van der Waals surface area contributed by atoms with Crippen LogP contribution in [0.15, 0.2) is 41.2 Å². The smallest absolute Gasteiger partial charge is 0.255 e. The third-order valence-electron chi connectivity index (χ3n) is 4.06. The van der Waals surface area contributed by atoms with Gasteiger partial charge in [-0.05, 0) is 45.9 Å². The first kappa shape index (κ1) is 16.8. The number of aromatic nitrogens is 3. The Balaban J connectivity index is 1.79. The quantitative estimate of drug-likeness (QED) is 0.788. The molecule has 3 aromatic rings. The predicted octanol–water partition coefficient (Wildman–Crippen LogP) is 3.55. The molecule has 0 aromatic carbocycles. The molecular formula is C19H20N4O2. The average Bonchev–Trinajstić information content (AvgIpc) is 2.94. The SMILES string of the molecule is Cc1cc(C(=O)NC(C)c2cnc(-c3ccncc3)nc2C)c(C)o1. The Morgan fingerprint density at radius 2 is 1.92 bits per heavy atom. The van der Waals surface area contributed by atoms with Crippen LogP contribution in [-0.2, 0) is 0 Å². The molecule has 6 heteroatoms. The molecule has 128 valence electrons. The van der Waals surface area contributed by atoms with Gasteiger partial charge in [0, 0.05) is 35.4 Å². The molecule has 0 radical (unpaired) electrons. The summed E-state index contributed by atoms with van der Waals surface area (Å²) in [5, 5.41) is 2.98. The first-order valence-electron chi connectivity index (χ1n) is 8.07. The first-order valence-corrected chi connectivity index (χ1v) is 8.07. The third kappa shape index (κ3) is 3.57. The molecule has 1 N–H and O–H groups in total. The molecular weight excluding hydrogens is 316 g/mol. The number of pyridine rings is 1. The zero-order chi connectivity index (χ0) is 18.0. The van der Waals surface area contributed by atoms with E-state index in [0.717, 1.165) is 22.6 Å². The van der Waals surface area contributed by atoms with Gasteiger partial charge in [0.1, 0.15) is 11.5 Å². The number of nitrogens with zero attached hydrogens (tertiary/aromatic N) is 3. The highest BCUT2D eigenvalue weighted by atomic mass is 16.3. The first-order chi connectivity index (χ1) is 12.0. The Bertz CT molecular complexity index is 903. The standard InChI is InChI=1S/C19H20N4O2/c1-11-9-16(14(4)25-11)19(24)23-13(3)17-10-21-18(22-12(17)2)15-5-7-20-8-6-15/h5-10,13H,1-4H3,(H,23,24). The minimum absolute atomic E-state index is 0.167. The van der Waals surface area contributed by atoms with Crippen LogP contribution in [0.4, 0.5) is 0 Å². The Hall–Kier alpha value is -3.02. The van der Waals surface area contributed by atoms with E-state index < -0.39 is 0 Å². The van der Waals surface area contributed by atoms with Gasteiger partial charge in [0.15, 0.2) is 5.82 Å². The summed E-state index contributed by atoms with van der Waals surface area (Å²) in [7, 11) is 0. The van der Waals surface area contributed by atoms with E-state index >= 15 is 0 Å². The van der Waals surface area contributed by atoms with Crippen LogP contribution in [0.1, 0.15) is 46.1 Å². The lowest BCUT2D eigenvalue weighted by Gasteiger charge is -2.16. The van der Waals surface area contributed by atoms with Gasteiger partial charge in [0.05, 0.1) is 11.6 Å². The lowest BCUT2D eigenvalue weighted by molar-refractivity contribution is 0.0938. The molecule has 0 saturated heterocycles. The van der Waals surface area contributed by atoms with Crippen molar-refractivity contribution in [2.75, 3.05) is 0 Å². The van der Waals surface area contributed by atoms with Gasteiger partial charge in [0.2, 0.25) is 0 Å². The van der Waals surface area contributed by atoms with Crippen molar-refractivity contribution < 1.29 is 9.21 Å². The fourth-order valence-electron chi connectivity index (χ4n) is 2.75. The van der Waals surface area contributed by atoms with Crippen LogP contribution in [0.5, 0.6) is 0 Å². The maximum atomic E-state index is 12.4. The van der Waals surface area contributed by atoms with Gasteiger partial charge < -0.3 is 9.73 Å². The molecule has 0 aliphatic heterocycles. The van der Waals surface area contributed by atoms with Crippen molar-refractivity contribution in [2.45, 2.75) is 33.7 Å². The van der Waals surface area contributed by atoms with Gasteiger partial charge in [-0.3, -0.25) is 9.78 Å². The molecule has 3 aromatic heterocycles. The van der Waals surface area contributed by atoms with Crippen LogP contribution in [0.3, 0.4) is 0 Å². The van der Waals surface area contributed by atoms with Crippen molar-refractivity contribution >= 4 is 5.91 Å². The lowest BCUT2D eigenvalue weighted by atomic mass is 10.1. The summed E-state index contributed by atoms with van der Waals surface area (Å²) in [6.45, 7) is 7.43. The van der Waals surface area contributed by atoms with Crippen molar-refractivity contribution in [1.82, 2.24) is 20.3 Å². The van der Waals surface area contributed by atoms with Crippen LogP contribution in [0, 0.1) is 20.8 Å². The second-order valence-electron chi connectivity index (χ2n) is 5.99. The highest BCUT2D eigenvalue weighted by molar-refractivity contribution is 5.95. The van der Waals surface area contributed by atoms with Crippen LogP contribution in [-0.4, -0.2) is 20.9 Å². The van der Waals surface area contributed by atoms with E-state index in [0.29, 0.717) is 17.1 Å². The Morgan fingerprint density at radius 3 is 2.52 bits per heavy atom. The van der Waals surface area contributed by atoms with Crippen LogP contribution < -0.4 is 5.32 Å². The second-order valence-corrected chi connectivity index (χ2v) is 5.99. The van der Waals surface area contributed by atoms with Crippen LogP contribution >= 0.6 is 0 Å². The molecule has 6 nitrogen and oxygen atoms in total. The number of furan rings is 1. The monoisotopic (exact) mass is 336 g/mol. The number of carbonyl (C=O) groups is 1. The van der Waals surface area contributed by atoms with E-state index in [1.54, 1.807) is 31.6 Å². The normalized spacial score (nSPS) is 12.0. The van der Waals surface area contributed by atoms with E-state index in [-0.39, 0.29) is 11.9 Å². The summed E-state index contributed by atoms with van der Waals surface area (Å²) in [6.07, 6.45) is 5.18. The van der Waals surface area contributed by atoms with Crippen molar-refractivity contribution in [2.24, 2.45) is 0 Å². The number of aryl methyl sites for hydroxylation is 3. The summed E-state index contributed by atoms with van der Waals surface area (Å²) in [4.78, 5) is 25.4. The van der Waals surface area contributed by atoms with Gasteiger partial charge in [-0.1, -0.05) is 0 Å². The topological polar surface area (TPSA) is 80.9 Å². The molecule has 0 bridgehead atoms. The molecule has 3 rings (SSSR count). The Morgan fingerprint density at radius 1 is 1.20 bits per heavy atom.